The number of halogens is 1. The third kappa shape index (κ3) is 1.65. The molecule has 0 radical (unpaired) electrons. The highest BCUT2D eigenvalue weighted by molar-refractivity contribution is 9.10. The van der Waals surface area contributed by atoms with Crippen LogP contribution in [0.5, 0.6) is 5.75 Å². The highest BCUT2D eigenvalue weighted by Crippen LogP contribution is 2.30. The van der Waals surface area contributed by atoms with Crippen molar-refractivity contribution < 1.29 is 4.74 Å². The van der Waals surface area contributed by atoms with Crippen LogP contribution >= 0.6 is 15.9 Å². The van der Waals surface area contributed by atoms with Gasteiger partial charge in [-0.3, -0.25) is 5.10 Å². The molecule has 0 fully saturated rings. The van der Waals surface area contributed by atoms with E-state index >= 15 is 0 Å². The quantitative estimate of drug-likeness (QED) is 0.893. The lowest BCUT2D eigenvalue weighted by atomic mass is 10.1. The van der Waals surface area contributed by atoms with E-state index in [2.05, 4.69) is 26.1 Å². The van der Waals surface area contributed by atoms with Crippen LogP contribution in [-0.2, 0) is 0 Å². The molecule has 1 aromatic carbocycles. The Morgan fingerprint density at radius 1 is 1.36 bits per heavy atom. The van der Waals surface area contributed by atoms with Crippen LogP contribution < -0.4 is 4.74 Å². The second kappa shape index (κ2) is 3.84. The first-order valence-corrected chi connectivity index (χ1v) is 4.94. The first-order valence-electron chi connectivity index (χ1n) is 4.14. The summed E-state index contributed by atoms with van der Waals surface area (Å²) in [6, 6.07) is 7.76. The topological polar surface area (TPSA) is 37.9 Å². The van der Waals surface area contributed by atoms with Crippen LogP contribution in [0.25, 0.3) is 11.3 Å². The number of nitrogens with one attached hydrogen (secondary N) is 1. The van der Waals surface area contributed by atoms with E-state index in [0.29, 0.717) is 0 Å². The number of ether oxygens (including phenoxy) is 1. The van der Waals surface area contributed by atoms with Gasteiger partial charge in [0.15, 0.2) is 0 Å². The van der Waals surface area contributed by atoms with Gasteiger partial charge in [0.25, 0.3) is 0 Å². The summed E-state index contributed by atoms with van der Waals surface area (Å²) in [7, 11) is 1.66. The van der Waals surface area contributed by atoms with E-state index in [4.69, 9.17) is 4.74 Å². The third-order valence-corrected chi connectivity index (χ3v) is 2.45. The van der Waals surface area contributed by atoms with Gasteiger partial charge >= 0.3 is 0 Å². The lowest BCUT2D eigenvalue weighted by Gasteiger charge is -2.06. The molecular weight excluding hydrogens is 244 g/mol. The highest BCUT2D eigenvalue weighted by Gasteiger charge is 2.06. The van der Waals surface area contributed by atoms with E-state index in [0.717, 1.165) is 21.5 Å². The summed E-state index contributed by atoms with van der Waals surface area (Å²) in [5.41, 5.74) is 1.95. The second-order valence-corrected chi connectivity index (χ2v) is 3.73. The molecular formula is C10H9BrN2O. The van der Waals surface area contributed by atoms with Gasteiger partial charge in [0.2, 0.25) is 0 Å². The summed E-state index contributed by atoms with van der Waals surface area (Å²) in [6.45, 7) is 0. The van der Waals surface area contributed by atoms with Crippen molar-refractivity contribution in [1.29, 1.82) is 0 Å². The van der Waals surface area contributed by atoms with Crippen molar-refractivity contribution in [3.05, 3.63) is 34.9 Å². The zero-order valence-electron chi connectivity index (χ0n) is 7.62. The van der Waals surface area contributed by atoms with E-state index in [1.807, 2.05) is 24.3 Å². The summed E-state index contributed by atoms with van der Waals surface area (Å²) in [6.07, 6.45) is 1.72. The predicted molar refractivity (Wildman–Crippen MR) is 58.3 cm³/mol. The van der Waals surface area contributed by atoms with E-state index < -0.39 is 0 Å². The maximum atomic E-state index is 5.26. The smallest absolute Gasteiger partial charge is 0.128 e. The number of aromatic nitrogens is 2. The number of benzene rings is 1. The summed E-state index contributed by atoms with van der Waals surface area (Å²) in [5.74, 6) is 0.831. The standard InChI is InChI=1S/C10H9BrN2O/c1-14-10-3-2-7(11)6-8(10)9-4-5-12-13-9/h2-6H,1H3,(H,12,13). The number of hydrogen-bond acceptors (Lipinski definition) is 2. The minimum absolute atomic E-state index is 0.831. The first-order chi connectivity index (χ1) is 6.81. The van der Waals surface area contributed by atoms with E-state index in [-0.39, 0.29) is 0 Å². The molecule has 0 aliphatic carbocycles. The van der Waals surface area contributed by atoms with E-state index in [1.54, 1.807) is 13.3 Å². The Labute approximate surface area is 90.2 Å². The monoisotopic (exact) mass is 252 g/mol. The van der Waals surface area contributed by atoms with E-state index in [9.17, 15) is 0 Å². The zero-order chi connectivity index (χ0) is 9.97. The molecule has 2 rings (SSSR count). The molecule has 2 aromatic rings. The fraction of sp³-hybridized carbons (Fsp3) is 0.100. The van der Waals surface area contributed by atoms with Crippen molar-refractivity contribution in [2.75, 3.05) is 7.11 Å². The molecule has 0 aliphatic rings. The van der Waals surface area contributed by atoms with Crippen molar-refractivity contribution in [1.82, 2.24) is 10.2 Å². The lowest BCUT2D eigenvalue weighted by Crippen LogP contribution is -1.88. The number of H-pyrrole nitrogens is 1. The van der Waals surface area contributed by atoms with Gasteiger partial charge in [-0.2, -0.15) is 5.10 Å². The molecule has 0 saturated heterocycles. The number of methoxy groups -OCH3 is 1. The molecule has 0 atom stereocenters. The molecule has 3 nitrogen and oxygen atoms in total. The zero-order valence-corrected chi connectivity index (χ0v) is 9.21. The van der Waals surface area contributed by atoms with Crippen molar-refractivity contribution >= 4 is 15.9 Å². The van der Waals surface area contributed by atoms with Crippen molar-refractivity contribution in [2.45, 2.75) is 0 Å². The summed E-state index contributed by atoms with van der Waals surface area (Å²) < 4.78 is 6.27. The van der Waals surface area contributed by atoms with Gasteiger partial charge < -0.3 is 4.74 Å². The normalized spacial score (nSPS) is 10.1. The van der Waals surface area contributed by atoms with Crippen LogP contribution in [-0.4, -0.2) is 17.3 Å². The maximum Gasteiger partial charge on any atom is 0.128 e. The molecule has 72 valence electrons. The fourth-order valence-corrected chi connectivity index (χ4v) is 1.66. The van der Waals surface area contributed by atoms with Crippen LogP contribution in [0.15, 0.2) is 34.9 Å². The Morgan fingerprint density at radius 2 is 2.21 bits per heavy atom. The Bertz CT molecular complexity index is 426. The Balaban J connectivity index is 2.55. The predicted octanol–water partition coefficient (Wildman–Crippen LogP) is 2.85. The number of aromatic amines is 1. The first kappa shape index (κ1) is 9.27. The molecule has 1 heterocycles. The van der Waals surface area contributed by atoms with Crippen LogP contribution in [0.1, 0.15) is 0 Å². The fourth-order valence-electron chi connectivity index (χ4n) is 1.30. The van der Waals surface area contributed by atoms with Gasteiger partial charge in [0.05, 0.1) is 12.8 Å². The van der Waals surface area contributed by atoms with Crippen molar-refractivity contribution in [2.24, 2.45) is 0 Å². The molecule has 1 aromatic heterocycles. The van der Waals surface area contributed by atoms with Crippen LogP contribution in [0, 0.1) is 0 Å². The summed E-state index contributed by atoms with van der Waals surface area (Å²) in [4.78, 5) is 0. The SMILES string of the molecule is COc1ccc(Br)cc1-c1ccn[nH]1. The second-order valence-electron chi connectivity index (χ2n) is 2.81. The number of rotatable bonds is 2. The number of nitrogens with zero attached hydrogens (tertiary/aromatic N) is 1. The molecule has 4 heteroatoms. The van der Waals surface area contributed by atoms with Gasteiger partial charge in [-0.15, -0.1) is 0 Å². The largest absolute Gasteiger partial charge is 0.496 e. The molecule has 0 aliphatic heterocycles. The van der Waals surface area contributed by atoms with Gasteiger partial charge in [-0.1, -0.05) is 15.9 Å². The summed E-state index contributed by atoms with van der Waals surface area (Å²) in [5, 5.41) is 6.81. The summed E-state index contributed by atoms with van der Waals surface area (Å²) >= 11 is 3.42. The highest BCUT2D eigenvalue weighted by atomic mass is 79.9. The number of hydrogen-bond donors (Lipinski definition) is 1. The average molecular weight is 253 g/mol. The van der Waals surface area contributed by atoms with Crippen LogP contribution in [0.4, 0.5) is 0 Å². The maximum absolute atomic E-state index is 5.26. The van der Waals surface area contributed by atoms with Gasteiger partial charge in [-0.25, -0.2) is 0 Å². The van der Waals surface area contributed by atoms with E-state index in [1.165, 1.54) is 0 Å². The van der Waals surface area contributed by atoms with Gasteiger partial charge in [0, 0.05) is 16.2 Å². The Morgan fingerprint density at radius 3 is 2.86 bits per heavy atom. The molecule has 1 N–H and O–H groups in total. The minimum atomic E-state index is 0.831. The van der Waals surface area contributed by atoms with Crippen LogP contribution in [0.2, 0.25) is 0 Å². The molecule has 14 heavy (non-hydrogen) atoms. The molecule has 0 amide bonds. The molecule has 0 saturated carbocycles. The molecule has 0 spiro atoms. The Kier molecular flexibility index (Phi) is 2.54. The molecule has 0 bridgehead atoms. The van der Waals surface area contributed by atoms with Crippen molar-refractivity contribution in [3.8, 4) is 17.0 Å². The Hall–Kier alpha value is -1.29. The third-order valence-electron chi connectivity index (χ3n) is 1.95. The minimum Gasteiger partial charge on any atom is -0.496 e. The van der Waals surface area contributed by atoms with Crippen molar-refractivity contribution in [3.63, 3.8) is 0 Å². The van der Waals surface area contributed by atoms with Gasteiger partial charge in [-0.05, 0) is 24.3 Å². The molecule has 0 unspecified atom stereocenters. The lowest BCUT2D eigenvalue weighted by molar-refractivity contribution is 0.416. The van der Waals surface area contributed by atoms with Gasteiger partial charge in [0.1, 0.15) is 5.75 Å². The average Bonchev–Trinajstić information content (AvgIpc) is 2.70. The van der Waals surface area contributed by atoms with Crippen LogP contribution in [0.3, 0.4) is 0 Å².